The van der Waals surface area contributed by atoms with Gasteiger partial charge in [0.15, 0.2) is 0 Å². The molecule has 55 heavy (non-hydrogen) atoms. The van der Waals surface area contributed by atoms with Gasteiger partial charge >= 0.3 is 0 Å². The summed E-state index contributed by atoms with van der Waals surface area (Å²) in [6, 6.07) is 6.08. The summed E-state index contributed by atoms with van der Waals surface area (Å²) < 4.78 is 17.5. The Labute approximate surface area is 329 Å². The predicted molar refractivity (Wildman–Crippen MR) is 214 cm³/mol. The Morgan fingerprint density at radius 3 is 2.33 bits per heavy atom. The molecule has 2 saturated heterocycles. The summed E-state index contributed by atoms with van der Waals surface area (Å²) in [7, 11) is 8.57. The fraction of sp³-hybridized carbons (Fsp3) is 0.762. The Morgan fingerprint density at radius 2 is 1.75 bits per heavy atom. The van der Waals surface area contributed by atoms with Crippen molar-refractivity contribution in [2.45, 2.75) is 134 Å². The lowest BCUT2D eigenvalue weighted by Crippen LogP contribution is -2.60. The maximum atomic E-state index is 14.3. The minimum atomic E-state index is -0.711. The molecule has 13 nitrogen and oxygen atoms in total. The molecule has 0 unspecified atom stereocenters. The van der Waals surface area contributed by atoms with Crippen molar-refractivity contribution in [2.24, 2.45) is 23.7 Å². The first-order valence-corrected chi connectivity index (χ1v) is 20.4. The number of rotatable bonds is 20. The van der Waals surface area contributed by atoms with Gasteiger partial charge in [0.05, 0.1) is 55.3 Å². The second kappa shape index (κ2) is 20.2. The monoisotopic (exact) mass is 771 g/mol. The molecule has 310 valence electrons. The van der Waals surface area contributed by atoms with Gasteiger partial charge in [0.1, 0.15) is 6.04 Å². The molecule has 13 heteroatoms. The molecule has 2 bridgehead atoms. The van der Waals surface area contributed by atoms with Gasteiger partial charge in [0.2, 0.25) is 23.6 Å². The summed E-state index contributed by atoms with van der Waals surface area (Å²) in [4.78, 5) is 61.7. The van der Waals surface area contributed by atoms with Crippen molar-refractivity contribution < 1.29 is 33.4 Å². The van der Waals surface area contributed by atoms with Gasteiger partial charge in [-0.1, -0.05) is 53.2 Å². The molecule has 1 aliphatic carbocycles. The van der Waals surface area contributed by atoms with Gasteiger partial charge in [-0.25, -0.2) is 0 Å². The molecule has 0 radical (unpaired) electrons. The molecule has 2 heterocycles. The van der Waals surface area contributed by atoms with Gasteiger partial charge in [-0.15, -0.1) is 0 Å². The van der Waals surface area contributed by atoms with E-state index in [9.17, 15) is 19.2 Å². The summed E-state index contributed by atoms with van der Waals surface area (Å²) in [5.74, 6) is -0.919. The van der Waals surface area contributed by atoms with E-state index in [2.05, 4.69) is 29.4 Å². The minimum Gasteiger partial charge on any atom is -0.399 e. The van der Waals surface area contributed by atoms with E-state index in [1.54, 1.807) is 33.3 Å². The second-order valence-corrected chi connectivity index (χ2v) is 16.8. The van der Waals surface area contributed by atoms with E-state index in [-0.39, 0.29) is 60.0 Å². The minimum absolute atomic E-state index is 0.00380. The van der Waals surface area contributed by atoms with Crippen LogP contribution >= 0.6 is 0 Å². The second-order valence-electron chi connectivity index (χ2n) is 16.8. The number of piperidine rings is 1. The van der Waals surface area contributed by atoms with Crippen molar-refractivity contribution >= 4 is 29.3 Å². The van der Waals surface area contributed by atoms with Gasteiger partial charge in [-0.2, -0.15) is 0 Å². The molecule has 1 aromatic rings. The highest BCUT2D eigenvalue weighted by Gasteiger charge is 2.48. The largest absolute Gasteiger partial charge is 0.399 e. The number of nitrogens with two attached hydrogens (primary N) is 1. The molecule has 4 amide bonds. The molecule has 4 rings (SSSR count). The molecular weight excluding hydrogens is 700 g/mol. The number of likely N-dealkylation sites (tertiary alicyclic amines) is 2. The zero-order chi connectivity index (χ0) is 40.6. The van der Waals surface area contributed by atoms with Crippen LogP contribution in [0.4, 0.5) is 5.69 Å². The zero-order valence-electron chi connectivity index (χ0n) is 35.1. The first-order valence-electron chi connectivity index (χ1n) is 20.4. The van der Waals surface area contributed by atoms with E-state index in [0.29, 0.717) is 43.6 Å². The molecule has 11 atom stereocenters. The van der Waals surface area contributed by atoms with E-state index in [4.69, 9.17) is 19.9 Å². The maximum absolute atomic E-state index is 14.3. The first-order chi connectivity index (χ1) is 26.2. The fourth-order valence-corrected chi connectivity index (χ4v) is 9.57. The third-order valence-electron chi connectivity index (χ3n) is 12.8. The van der Waals surface area contributed by atoms with Gasteiger partial charge in [-0.3, -0.25) is 24.1 Å². The highest BCUT2D eigenvalue weighted by molar-refractivity contribution is 5.90. The predicted octanol–water partition coefficient (Wildman–Crippen LogP) is 3.49. The van der Waals surface area contributed by atoms with Gasteiger partial charge in [0.25, 0.3) is 0 Å². The average molecular weight is 771 g/mol. The Hall–Kier alpha value is -3.26. The van der Waals surface area contributed by atoms with Crippen LogP contribution in [0, 0.1) is 23.7 Å². The number of carbonyl (C=O) groups is 4. The van der Waals surface area contributed by atoms with Crippen LogP contribution in [0.15, 0.2) is 24.3 Å². The molecule has 1 saturated carbocycles. The van der Waals surface area contributed by atoms with Crippen molar-refractivity contribution in [3.8, 4) is 0 Å². The van der Waals surface area contributed by atoms with E-state index >= 15 is 0 Å². The van der Waals surface area contributed by atoms with E-state index in [1.165, 1.54) is 0 Å². The van der Waals surface area contributed by atoms with Gasteiger partial charge < -0.3 is 40.4 Å². The van der Waals surface area contributed by atoms with Crippen LogP contribution < -0.4 is 16.4 Å². The Kier molecular flexibility index (Phi) is 16.4. The van der Waals surface area contributed by atoms with Crippen LogP contribution in [0.25, 0.3) is 0 Å². The van der Waals surface area contributed by atoms with Crippen molar-refractivity contribution in [1.82, 2.24) is 25.3 Å². The number of hydrogen-bond donors (Lipinski definition) is 3. The van der Waals surface area contributed by atoms with E-state index < -0.39 is 30.2 Å². The number of benzene rings is 1. The molecular formula is C42H70N6O7. The standard InChI is InChI=1S/C42H70N6O7/c1-11-26(4)37(47(7)42(52)36(25(2)3)45-41(51)38-29-17-18-32(22-29)46(38)6)34(54-9)23-35(49)48-19-13-16-33(48)39(55-10)27(5)40(50)44-31(24-53-8)21-28-14-12-15-30(43)20-28/h12,14-15,20,25-27,29,31-34,36-39H,11,13,16-19,21-24,43H2,1-10H3,(H,44,50)(H,45,51)/t26-,27+,29-,31-,32+,33-,34+,36-,37-,38-,39+/m0/s1. The molecule has 4 N–H and O–H groups in total. The summed E-state index contributed by atoms with van der Waals surface area (Å²) in [6.45, 7) is 10.7. The topological polar surface area (TPSA) is 156 Å². The number of likely N-dealkylation sites (N-methyl/N-ethyl adjacent to an activating group) is 2. The van der Waals surface area contributed by atoms with E-state index in [1.807, 2.05) is 57.0 Å². The highest BCUT2D eigenvalue weighted by atomic mass is 16.5. The van der Waals surface area contributed by atoms with E-state index in [0.717, 1.165) is 37.7 Å². The number of anilines is 1. The summed E-state index contributed by atoms with van der Waals surface area (Å²) in [5.41, 5.74) is 7.64. The lowest BCUT2D eigenvalue weighted by Gasteiger charge is -2.41. The Balaban J connectivity index is 1.45. The van der Waals surface area contributed by atoms with Crippen LogP contribution in [0.2, 0.25) is 0 Å². The number of nitrogens with one attached hydrogen (secondary N) is 2. The third-order valence-corrected chi connectivity index (χ3v) is 12.8. The van der Waals surface area contributed by atoms with Crippen LogP contribution in [0.5, 0.6) is 0 Å². The molecule has 0 spiro atoms. The number of fused-ring (bicyclic) bond motifs is 2. The fourth-order valence-electron chi connectivity index (χ4n) is 9.57. The molecule has 0 aromatic heterocycles. The highest BCUT2D eigenvalue weighted by Crippen LogP contribution is 2.41. The smallest absolute Gasteiger partial charge is 0.245 e. The molecule has 2 aliphatic heterocycles. The van der Waals surface area contributed by atoms with Crippen molar-refractivity contribution in [3.05, 3.63) is 29.8 Å². The van der Waals surface area contributed by atoms with Crippen LogP contribution in [0.1, 0.15) is 85.1 Å². The lowest BCUT2D eigenvalue weighted by atomic mass is 9.89. The SMILES string of the molecule is CC[C@H](C)[C@@H]([C@@H](CC(=O)N1CCC[C@H]1[C@H](OC)[C@@H](C)C(=O)N[C@H](COC)Cc1cccc(N)c1)OC)N(C)C(=O)[C@@H](NC(=O)[C@@H]1[C@H]2CC[C@H](C2)N1C)C(C)C. The number of hydrogen-bond acceptors (Lipinski definition) is 9. The molecule has 3 aliphatic rings. The van der Waals surface area contributed by atoms with Crippen molar-refractivity contribution in [3.63, 3.8) is 0 Å². The van der Waals surface area contributed by atoms with Crippen LogP contribution in [-0.2, 0) is 39.8 Å². The van der Waals surface area contributed by atoms with Crippen molar-refractivity contribution in [1.29, 1.82) is 0 Å². The number of amides is 4. The van der Waals surface area contributed by atoms with Gasteiger partial charge in [0, 0.05) is 46.7 Å². The first kappa shape index (κ1) is 44.5. The zero-order valence-corrected chi connectivity index (χ0v) is 35.1. The maximum Gasteiger partial charge on any atom is 0.245 e. The number of ether oxygens (including phenoxy) is 3. The van der Waals surface area contributed by atoms with Crippen LogP contribution in [-0.4, -0.2) is 135 Å². The van der Waals surface area contributed by atoms with Crippen molar-refractivity contribution in [2.75, 3.05) is 54.3 Å². The molecule has 1 aromatic carbocycles. The average Bonchev–Trinajstić information content (AvgIpc) is 3.91. The lowest BCUT2D eigenvalue weighted by molar-refractivity contribution is -0.148. The van der Waals surface area contributed by atoms with Gasteiger partial charge in [-0.05, 0) is 81.0 Å². The Morgan fingerprint density at radius 1 is 1.02 bits per heavy atom. The number of carbonyl (C=O) groups excluding carboxylic acids is 4. The number of methoxy groups -OCH3 is 3. The number of nitrogens with zero attached hydrogens (tertiary/aromatic N) is 3. The third kappa shape index (κ3) is 10.6. The molecule has 3 fully saturated rings. The van der Waals surface area contributed by atoms with Crippen LogP contribution in [0.3, 0.4) is 0 Å². The summed E-state index contributed by atoms with van der Waals surface area (Å²) in [6.07, 6.45) is 4.91. The summed E-state index contributed by atoms with van der Waals surface area (Å²) in [5, 5.41) is 6.28. The quantitative estimate of drug-likeness (QED) is 0.169. The normalized spacial score (nSPS) is 24.9. The number of nitrogen functional groups attached to an aromatic ring is 1. The summed E-state index contributed by atoms with van der Waals surface area (Å²) >= 11 is 0. The Bertz CT molecular complexity index is 1440.